The normalized spacial score (nSPS) is 20.5. The monoisotopic (exact) mass is 509 g/mol. The number of rotatable bonds is 6. The van der Waals surface area contributed by atoms with Crippen LogP contribution in [0.4, 0.5) is 0 Å². The molecule has 0 aliphatic carbocycles. The molecule has 2 aliphatic heterocycles. The smallest absolute Gasteiger partial charge is 0.291 e. The number of sulfone groups is 1. The number of fused-ring (bicyclic) bond motifs is 2. The van der Waals surface area contributed by atoms with Crippen molar-refractivity contribution in [2.45, 2.75) is 32.4 Å². The molecule has 1 aromatic heterocycles. The van der Waals surface area contributed by atoms with Crippen LogP contribution in [0.15, 0.2) is 52.2 Å². The van der Waals surface area contributed by atoms with Gasteiger partial charge in [-0.3, -0.25) is 9.59 Å². The number of amides is 1. The molecule has 9 heteroatoms. The van der Waals surface area contributed by atoms with Gasteiger partial charge in [-0.15, -0.1) is 0 Å². The maximum atomic E-state index is 13.9. The lowest BCUT2D eigenvalue weighted by Crippen LogP contribution is -2.40. The molecule has 1 fully saturated rings. The molecule has 0 radical (unpaired) electrons. The van der Waals surface area contributed by atoms with Gasteiger partial charge < -0.3 is 18.8 Å². The Morgan fingerprint density at radius 1 is 1.17 bits per heavy atom. The third kappa shape index (κ3) is 3.87. The van der Waals surface area contributed by atoms with Crippen molar-refractivity contribution in [3.05, 3.63) is 81.2 Å². The van der Waals surface area contributed by atoms with E-state index in [2.05, 4.69) is 6.58 Å². The van der Waals surface area contributed by atoms with E-state index in [1.807, 2.05) is 19.9 Å². The molecular weight excluding hydrogens is 482 g/mol. The van der Waals surface area contributed by atoms with Crippen LogP contribution in [-0.2, 0) is 9.84 Å². The fourth-order valence-electron chi connectivity index (χ4n) is 5.27. The Morgan fingerprint density at radius 2 is 1.94 bits per heavy atom. The topological polar surface area (TPSA) is 103 Å². The van der Waals surface area contributed by atoms with Gasteiger partial charge in [-0.25, -0.2) is 8.42 Å². The molecule has 2 aliphatic rings. The molecule has 3 heterocycles. The summed E-state index contributed by atoms with van der Waals surface area (Å²) in [6, 6.07) is 7.43. The van der Waals surface area contributed by atoms with E-state index in [0.717, 1.165) is 11.1 Å². The number of carbonyl (C=O) groups is 1. The van der Waals surface area contributed by atoms with Gasteiger partial charge >= 0.3 is 0 Å². The lowest BCUT2D eigenvalue weighted by Gasteiger charge is -2.30. The van der Waals surface area contributed by atoms with Gasteiger partial charge in [-0.05, 0) is 55.2 Å². The summed E-state index contributed by atoms with van der Waals surface area (Å²) in [5, 5.41) is 0.392. The zero-order chi connectivity index (χ0) is 25.8. The van der Waals surface area contributed by atoms with Crippen molar-refractivity contribution in [1.82, 2.24) is 4.90 Å². The lowest BCUT2D eigenvalue weighted by molar-refractivity contribution is 0.0662. The minimum Gasteiger partial charge on any atom is -0.493 e. The summed E-state index contributed by atoms with van der Waals surface area (Å²) in [6.45, 7) is 7.65. The average Bonchev–Trinajstić information content (AvgIpc) is 3.34. The Hall–Kier alpha value is -3.59. The van der Waals surface area contributed by atoms with Crippen LogP contribution in [0.1, 0.15) is 45.3 Å². The third-order valence-electron chi connectivity index (χ3n) is 6.80. The second-order valence-electron chi connectivity index (χ2n) is 9.31. The standard InChI is InChI=1S/C27H27NO7S/c1-5-9-34-20-7-6-17(13-21(20)33-4)23-22-24(29)19-12-15(2)11-16(3)25(19)35-26(22)27(30)28(23)18-8-10-36(31,32)14-18/h5-7,11-13,18,23H,1,8-10,14H2,2-4H3. The highest BCUT2D eigenvalue weighted by atomic mass is 32.2. The van der Waals surface area contributed by atoms with Gasteiger partial charge in [0.05, 0.1) is 35.6 Å². The molecule has 5 rings (SSSR count). The van der Waals surface area contributed by atoms with Crippen LogP contribution in [0.25, 0.3) is 11.0 Å². The fraction of sp³-hybridized carbons (Fsp3) is 0.333. The van der Waals surface area contributed by atoms with Crippen molar-refractivity contribution in [3.8, 4) is 11.5 Å². The predicted octanol–water partition coefficient (Wildman–Crippen LogP) is 3.72. The number of benzene rings is 2. The summed E-state index contributed by atoms with van der Waals surface area (Å²) in [7, 11) is -1.79. The Balaban J connectivity index is 1.74. The molecule has 1 amide bonds. The number of methoxy groups -OCH3 is 1. The van der Waals surface area contributed by atoms with E-state index in [1.165, 1.54) is 12.0 Å². The zero-order valence-electron chi connectivity index (χ0n) is 20.4. The van der Waals surface area contributed by atoms with Crippen LogP contribution in [-0.4, -0.2) is 50.5 Å². The average molecular weight is 510 g/mol. The van der Waals surface area contributed by atoms with Gasteiger partial charge in [0.2, 0.25) is 5.76 Å². The largest absolute Gasteiger partial charge is 0.493 e. The minimum atomic E-state index is -3.30. The van der Waals surface area contributed by atoms with Crippen LogP contribution in [0.2, 0.25) is 0 Å². The first-order valence-corrected chi connectivity index (χ1v) is 13.5. The second-order valence-corrected chi connectivity index (χ2v) is 11.5. The lowest BCUT2D eigenvalue weighted by atomic mass is 9.96. The van der Waals surface area contributed by atoms with Crippen molar-refractivity contribution in [2.24, 2.45) is 0 Å². The van der Waals surface area contributed by atoms with Crippen molar-refractivity contribution < 1.29 is 27.1 Å². The maximum absolute atomic E-state index is 13.9. The van der Waals surface area contributed by atoms with E-state index in [1.54, 1.807) is 30.3 Å². The van der Waals surface area contributed by atoms with Crippen molar-refractivity contribution in [1.29, 1.82) is 0 Å². The van der Waals surface area contributed by atoms with Gasteiger partial charge in [-0.2, -0.15) is 0 Å². The molecule has 0 bridgehead atoms. The first kappa shape index (κ1) is 24.1. The summed E-state index contributed by atoms with van der Waals surface area (Å²) in [5.41, 5.74) is 2.53. The van der Waals surface area contributed by atoms with Gasteiger partial charge in [0.25, 0.3) is 5.91 Å². The maximum Gasteiger partial charge on any atom is 0.291 e. The SMILES string of the molecule is C=CCOc1ccc(C2c3c(oc4c(C)cc(C)cc4c3=O)C(=O)N2C2CCS(=O)(=O)C2)cc1OC. The molecule has 36 heavy (non-hydrogen) atoms. The highest BCUT2D eigenvalue weighted by Gasteiger charge is 2.48. The van der Waals surface area contributed by atoms with E-state index in [-0.39, 0.29) is 34.9 Å². The Labute approximate surface area is 209 Å². The fourth-order valence-corrected chi connectivity index (χ4v) is 6.98. The molecule has 188 valence electrons. The summed E-state index contributed by atoms with van der Waals surface area (Å²) >= 11 is 0. The molecule has 1 saturated heterocycles. The zero-order valence-corrected chi connectivity index (χ0v) is 21.2. The molecule has 2 atom stereocenters. The molecule has 8 nitrogen and oxygen atoms in total. The number of aryl methyl sites for hydroxylation is 2. The highest BCUT2D eigenvalue weighted by molar-refractivity contribution is 7.91. The van der Waals surface area contributed by atoms with Crippen molar-refractivity contribution >= 4 is 26.7 Å². The molecule has 0 saturated carbocycles. The van der Waals surface area contributed by atoms with Crippen LogP contribution in [0.3, 0.4) is 0 Å². The van der Waals surface area contributed by atoms with Crippen LogP contribution in [0.5, 0.6) is 11.5 Å². The molecular formula is C27H27NO7S. The number of ether oxygens (including phenoxy) is 2. The van der Waals surface area contributed by atoms with Gasteiger partial charge in [0.15, 0.2) is 26.8 Å². The molecule has 0 spiro atoms. The Kier molecular flexibility index (Phi) is 5.90. The molecule has 2 unspecified atom stereocenters. The van der Waals surface area contributed by atoms with E-state index in [0.29, 0.717) is 34.5 Å². The molecule has 3 aromatic rings. The minimum absolute atomic E-state index is 0.0101. The molecule has 0 N–H and O–H groups in total. The van der Waals surface area contributed by atoms with E-state index < -0.39 is 27.8 Å². The first-order chi connectivity index (χ1) is 17.1. The number of nitrogens with zero attached hydrogens (tertiary/aromatic N) is 1. The summed E-state index contributed by atoms with van der Waals surface area (Å²) < 4.78 is 42.0. The van der Waals surface area contributed by atoms with Crippen LogP contribution < -0.4 is 14.9 Å². The van der Waals surface area contributed by atoms with Crippen LogP contribution >= 0.6 is 0 Å². The van der Waals surface area contributed by atoms with E-state index in [9.17, 15) is 18.0 Å². The number of carbonyl (C=O) groups excluding carboxylic acids is 1. The number of hydrogen-bond donors (Lipinski definition) is 0. The van der Waals surface area contributed by atoms with Crippen molar-refractivity contribution in [3.63, 3.8) is 0 Å². The Morgan fingerprint density at radius 3 is 2.61 bits per heavy atom. The van der Waals surface area contributed by atoms with Gasteiger partial charge in [0.1, 0.15) is 12.2 Å². The summed E-state index contributed by atoms with van der Waals surface area (Å²) in [6.07, 6.45) is 1.91. The summed E-state index contributed by atoms with van der Waals surface area (Å²) in [4.78, 5) is 29.1. The van der Waals surface area contributed by atoms with Crippen LogP contribution in [0, 0.1) is 13.8 Å². The first-order valence-electron chi connectivity index (χ1n) is 11.7. The van der Waals surface area contributed by atoms with E-state index >= 15 is 0 Å². The quantitative estimate of drug-likeness (QED) is 0.467. The van der Waals surface area contributed by atoms with Crippen molar-refractivity contribution in [2.75, 3.05) is 25.2 Å². The van der Waals surface area contributed by atoms with Gasteiger partial charge in [0, 0.05) is 6.04 Å². The second kappa shape index (κ2) is 8.81. The Bertz CT molecular complexity index is 1570. The highest BCUT2D eigenvalue weighted by Crippen LogP contribution is 2.43. The third-order valence-corrected chi connectivity index (χ3v) is 8.55. The van der Waals surface area contributed by atoms with Gasteiger partial charge in [-0.1, -0.05) is 24.8 Å². The van der Waals surface area contributed by atoms with E-state index in [4.69, 9.17) is 13.9 Å². The predicted molar refractivity (Wildman–Crippen MR) is 136 cm³/mol. The summed E-state index contributed by atoms with van der Waals surface area (Å²) in [5.74, 6) is 0.210. The number of hydrogen-bond acceptors (Lipinski definition) is 7. The molecule has 2 aromatic carbocycles.